The van der Waals surface area contributed by atoms with E-state index in [1.54, 1.807) is 4.90 Å². The largest absolute Gasteiger partial charge is 0.489 e. The number of alkyl halides is 3. The molecule has 10 heteroatoms. The summed E-state index contributed by atoms with van der Waals surface area (Å²) in [6.07, 6.45) is -5.19. The van der Waals surface area contributed by atoms with Crippen LogP contribution in [0.4, 0.5) is 18.0 Å². The summed E-state index contributed by atoms with van der Waals surface area (Å²) in [5.41, 5.74) is -0.546. The average Bonchev–Trinajstić information content (AvgIpc) is 2.59. The van der Waals surface area contributed by atoms with Crippen LogP contribution in [0.3, 0.4) is 0 Å². The third-order valence-electron chi connectivity index (χ3n) is 3.87. The number of hydrogen-bond donors (Lipinski definition) is 1. The lowest BCUT2D eigenvalue weighted by atomic mass is 10.1. The minimum absolute atomic E-state index is 0.0459. The summed E-state index contributed by atoms with van der Waals surface area (Å²) in [6, 6.07) is 2.90. The Morgan fingerprint density at radius 3 is 2.43 bits per heavy atom. The van der Waals surface area contributed by atoms with Crippen molar-refractivity contribution >= 4 is 6.09 Å². The van der Waals surface area contributed by atoms with Crippen molar-refractivity contribution < 1.29 is 37.3 Å². The fourth-order valence-electron chi connectivity index (χ4n) is 2.46. The Kier molecular flexibility index (Phi) is 6.97. The molecule has 0 aliphatic carbocycles. The number of halogens is 3. The minimum Gasteiger partial charge on any atom is -0.489 e. The highest BCUT2D eigenvalue weighted by atomic mass is 19.4. The van der Waals surface area contributed by atoms with Gasteiger partial charge >= 0.3 is 12.3 Å². The van der Waals surface area contributed by atoms with E-state index in [1.165, 1.54) is 18.3 Å². The van der Waals surface area contributed by atoms with Crippen molar-refractivity contribution in [3.8, 4) is 11.6 Å². The second-order valence-corrected chi connectivity index (χ2v) is 7.49. The second kappa shape index (κ2) is 8.85. The lowest BCUT2D eigenvalue weighted by Gasteiger charge is -2.33. The number of pyridine rings is 1. The highest BCUT2D eigenvalue weighted by Crippen LogP contribution is 2.23. The number of aliphatic hydroxyl groups excluding tert-OH is 1. The van der Waals surface area contributed by atoms with E-state index >= 15 is 0 Å². The first kappa shape index (κ1) is 22.1. The fraction of sp³-hybridized carbons (Fsp3) is 0.667. The maximum atomic E-state index is 12.2. The predicted octanol–water partition coefficient (Wildman–Crippen LogP) is 3.16. The molecule has 0 spiro atoms. The van der Waals surface area contributed by atoms with Crippen LogP contribution in [0, 0.1) is 0 Å². The van der Waals surface area contributed by atoms with Crippen molar-refractivity contribution in [1.29, 1.82) is 0 Å². The number of amides is 1. The van der Waals surface area contributed by atoms with Crippen molar-refractivity contribution in [2.75, 3.05) is 19.7 Å². The van der Waals surface area contributed by atoms with E-state index < -0.39 is 24.5 Å². The van der Waals surface area contributed by atoms with Crippen LogP contribution in [-0.4, -0.2) is 64.8 Å². The number of carbonyl (C=O) groups is 1. The van der Waals surface area contributed by atoms with Crippen molar-refractivity contribution in [3.63, 3.8) is 0 Å². The molecule has 1 aromatic heterocycles. The Bertz CT molecular complexity index is 638. The number of rotatable bonds is 5. The van der Waals surface area contributed by atoms with Crippen molar-refractivity contribution in [2.45, 2.75) is 57.6 Å². The maximum absolute atomic E-state index is 12.2. The number of hydrogen-bond acceptors (Lipinski definition) is 6. The molecule has 1 atom stereocenters. The molecule has 7 nitrogen and oxygen atoms in total. The first-order valence-electron chi connectivity index (χ1n) is 8.92. The number of aliphatic hydroxyl groups is 1. The Labute approximate surface area is 161 Å². The number of carbonyl (C=O) groups excluding carboxylic acids is 1. The highest BCUT2D eigenvalue weighted by molar-refractivity contribution is 5.68. The summed E-state index contributed by atoms with van der Waals surface area (Å²) in [5, 5.41) is 8.90. The molecule has 2 rings (SSSR count). The van der Waals surface area contributed by atoms with Gasteiger partial charge in [-0.15, -0.1) is 0 Å². The van der Waals surface area contributed by atoms with Gasteiger partial charge in [0.15, 0.2) is 6.10 Å². The van der Waals surface area contributed by atoms with Crippen LogP contribution >= 0.6 is 0 Å². The SMILES string of the molecule is CC(C)(C)OC(=O)N1CCC(Oc2ccc(OCC(O)C(F)(F)F)nc2)CC1. The number of ether oxygens (including phenoxy) is 3. The third-order valence-corrected chi connectivity index (χ3v) is 3.87. The summed E-state index contributed by atoms with van der Waals surface area (Å²) < 4.78 is 52.7. The molecule has 28 heavy (non-hydrogen) atoms. The molecule has 1 fully saturated rings. The number of likely N-dealkylation sites (tertiary alicyclic amines) is 1. The molecule has 1 saturated heterocycles. The van der Waals surface area contributed by atoms with Crippen molar-refractivity contribution in [3.05, 3.63) is 18.3 Å². The lowest BCUT2D eigenvalue weighted by molar-refractivity contribution is -0.210. The Balaban J connectivity index is 1.77. The van der Waals surface area contributed by atoms with Gasteiger partial charge in [0.1, 0.15) is 24.1 Å². The molecular weight excluding hydrogens is 381 g/mol. The molecule has 0 radical (unpaired) electrons. The van der Waals surface area contributed by atoms with Gasteiger partial charge in [-0.1, -0.05) is 0 Å². The molecule has 0 aromatic carbocycles. The molecule has 1 aliphatic heterocycles. The van der Waals surface area contributed by atoms with Gasteiger partial charge in [0, 0.05) is 32.0 Å². The van der Waals surface area contributed by atoms with Crippen LogP contribution in [0.15, 0.2) is 18.3 Å². The third kappa shape index (κ3) is 7.06. The summed E-state index contributed by atoms with van der Waals surface area (Å²) in [6.45, 7) is 5.51. The molecule has 158 valence electrons. The zero-order chi connectivity index (χ0) is 20.9. The van der Waals surface area contributed by atoms with E-state index in [4.69, 9.17) is 19.3 Å². The molecule has 1 unspecified atom stereocenters. The van der Waals surface area contributed by atoms with Gasteiger partial charge in [0.2, 0.25) is 5.88 Å². The van der Waals surface area contributed by atoms with E-state index in [-0.39, 0.29) is 18.1 Å². The summed E-state index contributed by atoms with van der Waals surface area (Å²) in [5.74, 6) is 0.398. The zero-order valence-electron chi connectivity index (χ0n) is 16.0. The zero-order valence-corrected chi connectivity index (χ0v) is 16.0. The Hall–Kier alpha value is -2.23. The topological polar surface area (TPSA) is 81.1 Å². The first-order chi connectivity index (χ1) is 12.9. The van der Waals surface area contributed by atoms with Gasteiger partial charge in [-0.2, -0.15) is 13.2 Å². The molecule has 0 bridgehead atoms. The normalized spacial score (nSPS) is 17.2. The van der Waals surface area contributed by atoms with Gasteiger partial charge in [0.25, 0.3) is 0 Å². The molecule has 1 amide bonds. The van der Waals surface area contributed by atoms with Crippen molar-refractivity contribution in [2.24, 2.45) is 0 Å². The van der Waals surface area contributed by atoms with Crippen LogP contribution in [0.1, 0.15) is 33.6 Å². The van der Waals surface area contributed by atoms with Crippen LogP contribution in [-0.2, 0) is 4.74 Å². The summed E-state index contributed by atoms with van der Waals surface area (Å²) in [4.78, 5) is 17.5. The van der Waals surface area contributed by atoms with E-state index in [0.717, 1.165) is 0 Å². The first-order valence-corrected chi connectivity index (χ1v) is 8.92. The molecule has 1 aromatic rings. The van der Waals surface area contributed by atoms with Gasteiger partial charge < -0.3 is 24.2 Å². The smallest absolute Gasteiger partial charge is 0.417 e. The van der Waals surface area contributed by atoms with Crippen LogP contribution in [0.25, 0.3) is 0 Å². The van der Waals surface area contributed by atoms with E-state index in [9.17, 15) is 18.0 Å². The predicted molar refractivity (Wildman–Crippen MR) is 93.3 cm³/mol. The Morgan fingerprint density at radius 1 is 1.29 bits per heavy atom. The highest BCUT2D eigenvalue weighted by Gasteiger charge is 2.38. The number of piperidine rings is 1. The van der Waals surface area contributed by atoms with Crippen LogP contribution in [0.2, 0.25) is 0 Å². The van der Waals surface area contributed by atoms with E-state index in [1.807, 2.05) is 20.8 Å². The summed E-state index contributed by atoms with van der Waals surface area (Å²) in [7, 11) is 0. The number of aromatic nitrogens is 1. The quantitative estimate of drug-likeness (QED) is 0.809. The van der Waals surface area contributed by atoms with Gasteiger partial charge in [-0.25, -0.2) is 9.78 Å². The fourth-order valence-corrected chi connectivity index (χ4v) is 2.46. The Morgan fingerprint density at radius 2 is 1.93 bits per heavy atom. The van der Waals surface area contributed by atoms with E-state index in [0.29, 0.717) is 31.7 Å². The van der Waals surface area contributed by atoms with Crippen LogP contribution in [0.5, 0.6) is 11.6 Å². The number of nitrogens with zero attached hydrogens (tertiary/aromatic N) is 2. The monoisotopic (exact) mass is 406 g/mol. The standard InChI is InChI=1S/C18H25F3N2O5/c1-17(2,3)28-16(25)23-8-6-12(7-9-23)27-13-4-5-15(22-10-13)26-11-14(24)18(19,20)21/h4-5,10,12,14,24H,6-9,11H2,1-3H3. The van der Waals surface area contributed by atoms with E-state index in [2.05, 4.69) is 4.98 Å². The second-order valence-electron chi connectivity index (χ2n) is 7.49. The van der Waals surface area contributed by atoms with Crippen molar-refractivity contribution in [1.82, 2.24) is 9.88 Å². The molecule has 2 heterocycles. The minimum atomic E-state index is -4.74. The van der Waals surface area contributed by atoms with Gasteiger partial charge in [-0.05, 0) is 26.8 Å². The lowest BCUT2D eigenvalue weighted by Crippen LogP contribution is -2.44. The summed E-state index contributed by atoms with van der Waals surface area (Å²) >= 11 is 0. The maximum Gasteiger partial charge on any atom is 0.417 e. The molecule has 0 saturated carbocycles. The van der Waals surface area contributed by atoms with Gasteiger partial charge in [-0.3, -0.25) is 0 Å². The molecule has 1 aliphatic rings. The molecule has 1 N–H and O–H groups in total. The average molecular weight is 406 g/mol. The van der Waals surface area contributed by atoms with Crippen LogP contribution < -0.4 is 9.47 Å². The molecular formula is C18H25F3N2O5. The van der Waals surface area contributed by atoms with Gasteiger partial charge in [0.05, 0.1) is 6.20 Å².